The molecule has 0 aliphatic carbocycles. The minimum atomic E-state index is 0.196. The molecule has 1 saturated heterocycles. The summed E-state index contributed by atoms with van der Waals surface area (Å²) in [5, 5.41) is 3.27. The van der Waals surface area contributed by atoms with E-state index in [2.05, 4.69) is 5.32 Å². The van der Waals surface area contributed by atoms with Gasteiger partial charge in [0, 0.05) is 33.1 Å². The summed E-state index contributed by atoms with van der Waals surface area (Å²) >= 11 is 0. The van der Waals surface area contributed by atoms with Crippen LogP contribution in [0.4, 0.5) is 0 Å². The summed E-state index contributed by atoms with van der Waals surface area (Å²) in [5.74, 6) is 0.816. The Kier molecular flexibility index (Phi) is 4.18. The minimum absolute atomic E-state index is 0.196. The molecule has 0 spiro atoms. The van der Waals surface area contributed by atoms with Crippen LogP contribution in [0.5, 0.6) is 0 Å². The van der Waals surface area contributed by atoms with Crippen molar-refractivity contribution in [3.8, 4) is 0 Å². The monoisotopic (exact) mass is 185 g/mol. The van der Waals surface area contributed by atoms with E-state index in [0.29, 0.717) is 12.5 Å². The lowest BCUT2D eigenvalue weighted by molar-refractivity contribution is -0.127. The summed E-state index contributed by atoms with van der Waals surface area (Å²) in [6, 6.07) is 0. The first kappa shape index (κ1) is 10.5. The largest absolute Gasteiger partial charge is 0.343 e. The van der Waals surface area contributed by atoms with Crippen molar-refractivity contribution in [3.63, 3.8) is 0 Å². The van der Waals surface area contributed by atoms with Crippen molar-refractivity contribution in [2.24, 2.45) is 11.7 Å². The molecule has 3 N–H and O–H groups in total. The molecule has 0 saturated carbocycles. The van der Waals surface area contributed by atoms with Crippen LogP contribution in [0.3, 0.4) is 0 Å². The van der Waals surface area contributed by atoms with Gasteiger partial charge in [0.1, 0.15) is 0 Å². The van der Waals surface area contributed by atoms with Gasteiger partial charge in [-0.2, -0.15) is 0 Å². The summed E-state index contributed by atoms with van der Waals surface area (Å²) < 4.78 is 0. The Balaban J connectivity index is 2.14. The molecule has 0 aromatic carbocycles. The normalized spacial score (nSPS) is 22.3. The Morgan fingerprint density at radius 1 is 1.69 bits per heavy atom. The van der Waals surface area contributed by atoms with Gasteiger partial charge in [0.25, 0.3) is 0 Å². The van der Waals surface area contributed by atoms with Gasteiger partial charge in [-0.1, -0.05) is 0 Å². The van der Waals surface area contributed by atoms with Crippen LogP contribution in [0.1, 0.15) is 13.3 Å². The third kappa shape index (κ3) is 3.32. The van der Waals surface area contributed by atoms with Crippen molar-refractivity contribution in [2.45, 2.75) is 13.3 Å². The topological polar surface area (TPSA) is 58.4 Å². The molecule has 1 atom stereocenters. The van der Waals surface area contributed by atoms with Crippen LogP contribution in [0.25, 0.3) is 0 Å². The van der Waals surface area contributed by atoms with Crippen molar-refractivity contribution in [1.82, 2.24) is 10.2 Å². The van der Waals surface area contributed by atoms with Crippen molar-refractivity contribution < 1.29 is 4.79 Å². The van der Waals surface area contributed by atoms with Gasteiger partial charge in [-0.25, -0.2) is 0 Å². The van der Waals surface area contributed by atoms with Crippen LogP contribution in [0.2, 0.25) is 0 Å². The van der Waals surface area contributed by atoms with Gasteiger partial charge >= 0.3 is 0 Å². The SMILES string of the molecule is CC(=O)N1CCC(CNCCN)C1. The number of amides is 1. The third-order valence-corrected chi connectivity index (χ3v) is 2.49. The first-order valence-corrected chi connectivity index (χ1v) is 4.90. The van der Waals surface area contributed by atoms with Crippen LogP contribution in [-0.4, -0.2) is 43.5 Å². The predicted molar refractivity (Wildman–Crippen MR) is 52.3 cm³/mol. The van der Waals surface area contributed by atoms with Gasteiger partial charge in [-0.05, 0) is 18.9 Å². The van der Waals surface area contributed by atoms with Crippen LogP contribution >= 0.6 is 0 Å². The van der Waals surface area contributed by atoms with Gasteiger partial charge in [0.05, 0.1) is 0 Å². The highest BCUT2D eigenvalue weighted by atomic mass is 16.2. The highest BCUT2D eigenvalue weighted by Crippen LogP contribution is 2.14. The van der Waals surface area contributed by atoms with E-state index < -0.39 is 0 Å². The number of nitrogens with one attached hydrogen (secondary N) is 1. The molecule has 13 heavy (non-hydrogen) atoms. The maximum atomic E-state index is 11.0. The minimum Gasteiger partial charge on any atom is -0.343 e. The number of hydrogen-bond acceptors (Lipinski definition) is 3. The van der Waals surface area contributed by atoms with Gasteiger partial charge in [0.2, 0.25) is 5.91 Å². The molecule has 1 aliphatic heterocycles. The third-order valence-electron chi connectivity index (χ3n) is 2.49. The van der Waals surface area contributed by atoms with E-state index in [-0.39, 0.29) is 5.91 Å². The van der Waals surface area contributed by atoms with Crippen LogP contribution in [0, 0.1) is 5.92 Å². The average Bonchev–Trinajstić information content (AvgIpc) is 2.53. The quantitative estimate of drug-likeness (QED) is 0.575. The molecular weight excluding hydrogens is 166 g/mol. The first-order valence-electron chi connectivity index (χ1n) is 4.90. The predicted octanol–water partition coefficient (Wildman–Crippen LogP) is -0.597. The molecule has 1 amide bonds. The van der Waals surface area contributed by atoms with Crippen molar-refractivity contribution in [1.29, 1.82) is 0 Å². The zero-order chi connectivity index (χ0) is 9.68. The van der Waals surface area contributed by atoms with Crippen LogP contribution < -0.4 is 11.1 Å². The number of likely N-dealkylation sites (tertiary alicyclic amines) is 1. The zero-order valence-corrected chi connectivity index (χ0v) is 8.25. The van der Waals surface area contributed by atoms with E-state index in [9.17, 15) is 4.79 Å². The molecule has 0 aromatic rings. The molecule has 1 rings (SSSR count). The van der Waals surface area contributed by atoms with Gasteiger partial charge in [0.15, 0.2) is 0 Å². The van der Waals surface area contributed by atoms with Crippen LogP contribution in [-0.2, 0) is 4.79 Å². The number of rotatable bonds is 4. The lowest BCUT2D eigenvalue weighted by atomic mass is 10.1. The van der Waals surface area contributed by atoms with Gasteiger partial charge in [-0.15, -0.1) is 0 Å². The van der Waals surface area contributed by atoms with E-state index in [1.54, 1.807) is 6.92 Å². The molecule has 1 heterocycles. The Labute approximate surface area is 79.5 Å². The second-order valence-electron chi connectivity index (χ2n) is 3.61. The standard InChI is InChI=1S/C9H19N3O/c1-8(13)12-5-2-9(7-12)6-11-4-3-10/h9,11H,2-7,10H2,1H3. The molecular formula is C9H19N3O. The highest BCUT2D eigenvalue weighted by molar-refractivity contribution is 5.73. The molecule has 4 heteroatoms. The zero-order valence-electron chi connectivity index (χ0n) is 8.25. The van der Waals surface area contributed by atoms with E-state index in [1.165, 1.54) is 0 Å². The smallest absolute Gasteiger partial charge is 0.219 e. The van der Waals surface area contributed by atoms with Crippen molar-refractivity contribution in [2.75, 3.05) is 32.7 Å². The fourth-order valence-electron chi connectivity index (χ4n) is 1.69. The Hall–Kier alpha value is -0.610. The molecule has 1 fully saturated rings. The molecule has 0 aromatic heterocycles. The Morgan fingerprint density at radius 3 is 3.00 bits per heavy atom. The summed E-state index contributed by atoms with van der Waals surface area (Å²) in [6.45, 7) is 6.01. The molecule has 0 radical (unpaired) electrons. The second-order valence-corrected chi connectivity index (χ2v) is 3.61. The molecule has 0 bridgehead atoms. The number of nitrogens with zero attached hydrogens (tertiary/aromatic N) is 1. The number of carbonyl (C=O) groups is 1. The van der Waals surface area contributed by atoms with Crippen molar-refractivity contribution in [3.05, 3.63) is 0 Å². The second kappa shape index (κ2) is 5.19. The summed E-state index contributed by atoms with van der Waals surface area (Å²) in [4.78, 5) is 12.9. The first-order chi connectivity index (χ1) is 6.24. The summed E-state index contributed by atoms with van der Waals surface area (Å²) in [7, 11) is 0. The molecule has 1 unspecified atom stereocenters. The molecule has 76 valence electrons. The lowest BCUT2D eigenvalue weighted by Gasteiger charge is -2.14. The lowest BCUT2D eigenvalue weighted by Crippen LogP contribution is -2.31. The van der Waals surface area contributed by atoms with Crippen molar-refractivity contribution >= 4 is 5.91 Å². The summed E-state index contributed by atoms with van der Waals surface area (Å²) in [6.07, 6.45) is 1.12. The Morgan fingerprint density at radius 2 is 2.46 bits per heavy atom. The highest BCUT2D eigenvalue weighted by Gasteiger charge is 2.23. The van der Waals surface area contributed by atoms with E-state index in [0.717, 1.165) is 32.6 Å². The number of carbonyl (C=O) groups excluding carboxylic acids is 1. The molecule has 1 aliphatic rings. The Bertz CT molecular complexity index is 172. The average molecular weight is 185 g/mol. The number of nitrogens with two attached hydrogens (primary N) is 1. The van der Waals surface area contributed by atoms with Gasteiger partial charge < -0.3 is 16.0 Å². The fourth-order valence-corrected chi connectivity index (χ4v) is 1.69. The molecule has 4 nitrogen and oxygen atoms in total. The van der Waals surface area contributed by atoms with E-state index >= 15 is 0 Å². The van der Waals surface area contributed by atoms with Crippen LogP contribution in [0.15, 0.2) is 0 Å². The van der Waals surface area contributed by atoms with Gasteiger partial charge in [-0.3, -0.25) is 4.79 Å². The maximum absolute atomic E-state index is 11.0. The number of hydrogen-bond donors (Lipinski definition) is 2. The fraction of sp³-hybridized carbons (Fsp3) is 0.889. The maximum Gasteiger partial charge on any atom is 0.219 e. The van der Waals surface area contributed by atoms with E-state index in [1.807, 2.05) is 4.90 Å². The summed E-state index contributed by atoms with van der Waals surface area (Å²) in [5.41, 5.74) is 5.36. The van der Waals surface area contributed by atoms with E-state index in [4.69, 9.17) is 5.73 Å².